The lowest BCUT2D eigenvalue weighted by Crippen LogP contribution is -2.44. The number of aromatic nitrogens is 1. The van der Waals surface area contributed by atoms with Gasteiger partial charge in [0, 0.05) is 59.0 Å². The van der Waals surface area contributed by atoms with E-state index in [1.165, 1.54) is 0 Å². The van der Waals surface area contributed by atoms with E-state index in [9.17, 15) is 4.79 Å². The lowest BCUT2D eigenvalue weighted by molar-refractivity contribution is 0.262. The van der Waals surface area contributed by atoms with Crippen LogP contribution in [0.25, 0.3) is 21.7 Å². The molecule has 2 heterocycles. The number of rotatable bonds is 3. The van der Waals surface area contributed by atoms with Crippen LogP contribution >= 0.6 is 15.9 Å². The number of pyridine rings is 1. The molecule has 1 aromatic heterocycles. The highest BCUT2D eigenvalue weighted by Gasteiger charge is 2.17. The molecule has 0 unspecified atom stereocenters. The molecule has 32 heavy (non-hydrogen) atoms. The molecule has 0 spiro atoms. The van der Waals surface area contributed by atoms with Gasteiger partial charge in [-0.2, -0.15) is 0 Å². The molecule has 0 bridgehead atoms. The van der Waals surface area contributed by atoms with Crippen molar-refractivity contribution in [1.29, 1.82) is 0 Å². The number of halogens is 1. The van der Waals surface area contributed by atoms with Crippen molar-refractivity contribution < 1.29 is 4.79 Å². The molecule has 5 rings (SSSR count). The Bertz CT molecular complexity index is 1300. The summed E-state index contributed by atoms with van der Waals surface area (Å²) in [4.78, 5) is 22.0. The van der Waals surface area contributed by atoms with Crippen LogP contribution in [0, 0.1) is 0 Å². The van der Waals surface area contributed by atoms with Gasteiger partial charge in [0.2, 0.25) is 0 Å². The lowest BCUT2D eigenvalue weighted by Gasteiger charge is -2.34. The van der Waals surface area contributed by atoms with Gasteiger partial charge < -0.3 is 20.4 Å². The standard InChI is InChI=1S/C25H24BrN5O/c1-30-12-14-31(15-13-30)24-10-11-27-22-9-8-17(16-20(22)24)28-25(32)29-23-7-3-4-18-19(23)5-2-6-21(18)26/h2-11,16H,12-15H2,1H3,(H2,28,29,32). The van der Waals surface area contributed by atoms with E-state index in [1.54, 1.807) is 0 Å². The zero-order valence-corrected chi connectivity index (χ0v) is 19.4. The van der Waals surface area contributed by atoms with Crippen molar-refractivity contribution >= 4 is 60.7 Å². The van der Waals surface area contributed by atoms with Gasteiger partial charge in [0.05, 0.1) is 11.2 Å². The molecular formula is C25H24BrN5O. The van der Waals surface area contributed by atoms with Crippen molar-refractivity contribution in [3.63, 3.8) is 0 Å². The zero-order chi connectivity index (χ0) is 22.1. The van der Waals surface area contributed by atoms with Gasteiger partial charge in [0.25, 0.3) is 0 Å². The summed E-state index contributed by atoms with van der Waals surface area (Å²) in [6, 6.07) is 19.5. The minimum atomic E-state index is -0.276. The van der Waals surface area contributed by atoms with Gasteiger partial charge in [0.15, 0.2) is 0 Å². The van der Waals surface area contributed by atoms with Crippen molar-refractivity contribution in [3.8, 4) is 0 Å². The second-order valence-corrected chi connectivity index (χ2v) is 8.93. The Labute approximate surface area is 195 Å². The van der Waals surface area contributed by atoms with E-state index in [-0.39, 0.29) is 6.03 Å². The number of carbonyl (C=O) groups is 1. The molecule has 7 heteroatoms. The summed E-state index contributed by atoms with van der Waals surface area (Å²) in [6.07, 6.45) is 1.86. The molecule has 3 aromatic carbocycles. The minimum Gasteiger partial charge on any atom is -0.368 e. The SMILES string of the molecule is CN1CCN(c2ccnc3ccc(NC(=O)Nc4cccc5c(Br)cccc45)cc23)CC1. The normalized spacial score (nSPS) is 14.6. The Morgan fingerprint density at radius 1 is 0.906 bits per heavy atom. The fraction of sp³-hybridized carbons (Fsp3) is 0.200. The second-order valence-electron chi connectivity index (χ2n) is 8.07. The first kappa shape index (κ1) is 20.7. The third-order valence-electron chi connectivity index (χ3n) is 5.94. The van der Waals surface area contributed by atoms with Crippen LogP contribution in [0.3, 0.4) is 0 Å². The molecular weight excluding hydrogens is 466 g/mol. The number of benzene rings is 3. The van der Waals surface area contributed by atoms with E-state index < -0.39 is 0 Å². The van der Waals surface area contributed by atoms with Crippen LogP contribution in [0.1, 0.15) is 0 Å². The van der Waals surface area contributed by atoms with Gasteiger partial charge in [-0.3, -0.25) is 4.98 Å². The van der Waals surface area contributed by atoms with Crippen LogP contribution in [0.5, 0.6) is 0 Å². The van der Waals surface area contributed by atoms with Crippen molar-refractivity contribution in [3.05, 3.63) is 71.3 Å². The predicted molar refractivity (Wildman–Crippen MR) is 136 cm³/mol. The van der Waals surface area contributed by atoms with E-state index in [0.717, 1.165) is 69.4 Å². The van der Waals surface area contributed by atoms with E-state index in [4.69, 9.17) is 0 Å². The maximum Gasteiger partial charge on any atom is 0.323 e. The van der Waals surface area contributed by atoms with E-state index in [0.29, 0.717) is 0 Å². The summed E-state index contributed by atoms with van der Waals surface area (Å²) >= 11 is 3.58. The maximum atomic E-state index is 12.8. The van der Waals surface area contributed by atoms with E-state index in [2.05, 4.69) is 54.5 Å². The molecule has 2 amide bonds. The number of hydrogen-bond donors (Lipinski definition) is 2. The van der Waals surface area contributed by atoms with Crippen LogP contribution in [0.15, 0.2) is 71.3 Å². The third kappa shape index (κ3) is 4.13. The Hall–Kier alpha value is -3.16. The molecule has 0 saturated carbocycles. The first-order chi connectivity index (χ1) is 15.6. The first-order valence-electron chi connectivity index (χ1n) is 10.7. The van der Waals surface area contributed by atoms with Crippen molar-refractivity contribution in [2.75, 3.05) is 48.8 Å². The van der Waals surface area contributed by atoms with Gasteiger partial charge in [-0.25, -0.2) is 4.79 Å². The number of carbonyl (C=O) groups excluding carboxylic acids is 1. The summed E-state index contributed by atoms with van der Waals surface area (Å²) in [5, 5.41) is 9.06. The number of nitrogens with zero attached hydrogens (tertiary/aromatic N) is 3. The molecule has 0 atom stereocenters. The highest BCUT2D eigenvalue weighted by molar-refractivity contribution is 9.10. The van der Waals surface area contributed by atoms with E-state index >= 15 is 0 Å². The van der Waals surface area contributed by atoms with Crippen LogP contribution in [0.2, 0.25) is 0 Å². The monoisotopic (exact) mass is 489 g/mol. The molecule has 2 N–H and O–H groups in total. The number of nitrogens with one attached hydrogen (secondary N) is 2. The van der Waals surface area contributed by atoms with Crippen LogP contribution < -0.4 is 15.5 Å². The van der Waals surface area contributed by atoms with Gasteiger partial charge in [-0.15, -0.1) is 0 Å². The fourth-order valence-corrected chi connectivity index (χ4v) is 4.70. The maximum absolute atomic E-state index is 12.8. The molecule has 0 radical (unpaired) electrons. The van der Waals surface area contributed by atoms with Crippen molar-refractivity contribution in [2.24, 2.45) is 0 Å². The quantitative estimate of drug-likeness (QED) is 0.396. The number of piperazine rings is 1. The van der Waals surface area contributed by atoms with Crippen LogP contribution in [-0.4, -0.2) is 49.1 Å². The van der Waals surface area contributed by atoms with Gasteiger partial charge >= 0.3 is 6.03 Å². The van der Waals surface area contributed by atoms with Crippen LogP contribution in [-0.2, 0) is 0 Å². The van der Waals surface area contributed by atoms with E-state index in [1.807, 2.05) is 60.8 Å². The summed E-state index contributed by atoms with van der Waals surface area (Å²) in [5.41, 5.74) is 3.58. The molecule has 4 aromatic rings. The largest absolute Gasteiger partial charge is 0.368 e. The number of hydrogen-bond acceptors (Lipinski definition) is 4. The number of fused-ring (bicyclic) bond motifs is 2. The van der Waals surface area contributed by atoms with Gasteiger partial charge in [-0.05, 0) is 48.8 Å². The van der Waals surface area contributed by atoms with Crippen LogP contribution in [0.4, 0.5) is 21.9 Å². The molecule has 1 aliphatic rings. The molecule has 6 nitrogen and oxygen atoms in total. The van der Waals surface area contributed by atoms with Gasteiger partial charge in [0.1, 0.15) is 0 Å². The summed E-state index contributed by atoms with van der Waals surface area (Å²) in [6.45, 7) is 4.02. The summed E-state index contributed by atoms with van der Waals surface area (Å²) in [5.74, 6) is 0. The Balaban J connectivity index is 1.39. The van der Waals surface area contributed by atoms with Crippen molar-refractivity contribution in [2.45, 2.75) is 0 Å². The molecule has 1 aliphatic heterocycles. The lowest BCUT2D eigenvalue weighted by atomic mass is 10.1. The topological polar surface area (TPSA) is 60.5 Å². The third-order valence-corrected chi connectivity index (χ3v) is 6.63. The number of likely N-dealkylation sites (N-methyl/N-ethyl adjacent to an activating group) is 1. The average Bonchev–Trinajstić information content (AvgIpc) is 2.80. The summed E-state index contributed by atoms with van der Waals surface area (Å²) in [7, 11) is 2.15. The molecule has 162 valence electrons. The number of anilines is 3. The number of urea groups is 1. The zero-order valence-electron chi connectivity index (χ0n) is 17.8. The Morgan fingerprint density at radius 2 is 1.69 bits per heavy atom. The smallest absolute Gasteiger partial charge is 0.323 e. The average molecular weight is 490 g/mol. The Kier molecular flexibility index (Phi) is 5.68. The molecule has 0 aliphatic carbocycles. The summed E-state index contributed by atoms with van der Waals surface area (Å²) < 4.78 is 0.998. The highest BCUT2D eigenvalue weighted by atomic mass is 79.9. The number of amides is 2. The van der Waals surface area contributed by atoms with Crippen molar-refractivity contribution in [1.82, 2.24) is 9.88 Å². The fourth-order valence-electron chi connectivity index (χ4n) is 4.20. The van der Waals surface area contributed by atoms with Gasteiger partial charge in [-0.1, -0.05) is 40.2 Å². The highest BCUT2D eigenvalue weighted by Crippen LogP contribution is 2.30. The Morgan fingerprint density at radius 3 is 2.53 bits per heavy atom. The second kappa shape index (κ2) is 8.76. The minimum absolute atomic E-state index is 0.276. The first-order valence-corrected chi connectivity index (χ1v) is 11.5. The predicted octanol–water partition coefficient (Wildman–Crippen LogP) is 5.55. The molecule has 1 fully saturated rings. The molecule has 1 saturated heterocycles.